The zero-order chi connectivity index (χ0) is 33.8. The van der Waals surface area contributed by atoms with E-state index in [1.165, 1.54) is 12.1 Å². The predicted octanol–water partition coefficient (Wildman–Crippen LogP) is 2.22. The summed E-state index contributed by atoms with van der Waals surface area (Å²) in [7, 11) is -2.21. The molecule has 244 valence electrons. The molecule has 6 rings (SSSR count). The van der Waals surface area contributed by atoms with Crippen molar-refractivity contribution in [2.45, 2.75) is 38.9 Å². The number of aromatic nitrogens is 4. The quantitative estimate of drug-likeness (QED) is 0.141. The minimum absolute atomic E-state index is 0.0555. The highest BCUT2D eigenvalue weighted by molar-refractivity contribution is 6.62. The summed E-state index contributed by atoms with van der Waals surface area (Å²) >= 11 is 5.32. The number of carbonyl (C=O) groups is 2. The van der Waals surface area contributed by atoms with Crippen LogP contribution in [0.5, 0.6) is 17.5 Å². The van der Waals surface area contributed by atoms with E-state index in [1.807, 2.05) is 0 Å². The Morgan fingerprint density at radius 2 is 1.28 bits per heavy atom. The molecule has 14 nitrogen and oxygen atoms in total. The number of benzene rings is 2. The second kappa shape index (κ2) is 17.4. The standard InChI is InChI=1S/C15H15BN2O5.C11H13BO5.C4H3ClN2/c1-2-21-14(19)9-13-11-5-4-10(8-12(11)16(20)23-13)22-15-17-6-3-7-18-15;1-2-16-11(14)6-10-8-4-3-7(13)5-9(8)12(15)17-10;5-4-6-2-1-3-7-4/h3-8,13,20H,2,9H2,1H3;3-5,10,13,15H,2,6H2,1H3;1-3H. The topological polar surface area (TPSA) is 193 Å². The number of halogens is 1. The minimum Gasteiger partial charge on any atom is -0.508 e. The van der Waals surface area contributed by atoms with E-state index in [1.54, 1.807) is 75.0 Å². The van der Waals surface area contributed by atoms with Crippen LogP contribution < -0.4 is 15.7 Å². The van der Waals surface area contributed by atoms with Crippen LogP contribution in [0.15, 0.2) is 73.3 Å². The first kappa shape index (κ1) is 35.3. The van der Waals surface area contributed by atoms with Crippen LogP contribution in [-0.2, 0) is 28.4 Å². The van der Waals surface area contributed by atoms with Crippen molar-refractivity contribution in [3.63, 3.8) is 0 Å². The lowest BCUT2D eigenvalue weighted by Crippen LogP contribution is -2.28. The third-order valence-corrected chi connectivity index (χ3v) is 6.74. The lowest BCUT2D eigenvalue weighted by atomic mass is 9.79. The van der Waals surface area contributed by atoms with Gasteiger partial charge in [-0.1, -0.05) is 12.1 Å². The maximum atomic E-state index is 11.6. The molecule has 17 heteroatoms. The van der Waals surface area contributed by atoms with Gasteiger partial charge in [-0.3, -0.25) is 9.59 Å². The number of esters is 2. The van der Waals surface area contributed by atoms with Gasteiger partial charge in [-0.05, 0) is 83.9 Å². The molecule has 0 fully saturated rings. The Kier molecular flexibility index (Phi) is 13.0. The Hall–Kier alpha value is -4.60. The molecule has 3 N–H and O–H groups in total. The molecule has 47 heavy (non-hydrogen) atoms. The number of hydrogen-bond acceptors (Lipinski definition) is 14. The number of ether oxygens (including phenoxy) is 3. The molecule has 0 spiro atoms. The van der Waals surface area contributed by atoms with Crippen LogP contribution in [0.3, 0.4) is 0 Å². The molecule has 2 aliphatic rings. The Bertz CT molecular complexity index is 1630. The van der Waals surface area contributed by atoms with Gasteiger partial charge in [-0.2, -0.15) is 0 Å². The van der Waals surface area contributed by atoms with Crippen molar-refractivity contribution in [1.29, 1.82) is 0 Å². The Labute approximate surface area is 275 Å². The second-order valence-corrected chi connectivity index (χ2v) is 10.1. The van der Waals surface area contributed by atoms with Crippen molar-refractivity contribution in [3.8, 4) is 17.5 Å². The zero-order valence-corrected chi connectivity index (χ0v) is 26.2. The fraction of sp³-hybridized carbons (Fsp3) is 0.267. The largest absolute Gasteiger partial charge is 0.508 e. The number of phenols is 1. The number of hydrogen-bond donors (Lipinski definition) is 3. The summed E-state index contributed by atoms with van der Waals surface area (Å²) in [6.07, 6.45) is 5.40. The zero-order valence-electron chi connectivity index (χ0n) is 25.4. The second-order valence-electron chi connectivity index (χ2n) is 9.73. The summed E-state index contributed by atoms with van der Waals surface area (Å²) in [5.74, 6) is -0.196. The van der Waals surface area contributed by atoms with Crippen molar-refractivity contribution < 1.29 is 48.3 Å². The number of carbonyl (C=O) groups excluding carboxylic acids is 2. The minimum atomic E-state index is -1.11. The number of aromatic hydroxyl groups is 1. The molecule has 2 aliphatic heterocycles. The van der Waals surface area contributed by atoms with Gasteiger partial charge in [-0.15, -0.1) is 0 Å². The first-order chi connectivity index (χ1) is 22.7. The highest BCUT2D eigenvalue weighted by Gasteiger charge is 2.37. The molecule has 4 aromatic rings. The van der Waals surface area contributed by atoms with Crippen LogP contribution in [0.2, 0.25) is 5.28 Å². The molecule has 0 radical (unpaired) electrons. The molecule has 2 atom stereocenters. The molecular weight excluding hydrogens is 633 g/mol. The van der Waals surface area contributed by atoms with Gasteiger partial charge in [-0.25, -0.2) is 19.9 Å². The predicted molar refractivity (Wildman–Crippen MR) is 169 cm³/mol. The third kappa shape index (κ3) is 10.2. The monoisotopic (exact) mass is 664 g/mol. The van der Waals surface area contributed by atoms with Gasteiger partial charge in [0.2, 0.25) is 5.28 Å². The summed E-state index contributed by atoms with van der Waals surface area (Å²) in [5.41, 5.74) is 2.52. The van der Waals surface area contributed by atoms with Crippen LogP contribution >= 0.6 is 11.6 Å². The van der Waals surface area contributed by atoms with E-state index in [-0.39, 0.29) is 36.5 Å². The van der Waals surface area contributed by atoms with E-state index in [0.29, 0.717) is 40.7 Å². The molecule has 2 aromatic heterocycles. The van der Waals surface area contributed by atoms with Gasteiger partial charge in [0.25, 0.3) is 0 Å². The van der Waals surface area contributed by atoms with Crippen LogP contribution in [0.4, 0.5) is 0 Å². The van der Waals surface area contributed by atoms with Gasteiger partial charge in [0.15, 0.2) is 0 Å². The lowest BCUT2D eigenvalue weighted by Gasteiger charge is -2.11. The fourth-order valence-electron chi connectivity index (χ4n) is 4.58. The smallest absolute Gasteiger partial charge is 0.492 e. The maximum Gasteiger partial charge on any atom is 0.492 e. The van der Waals surface area contributed by atoms with Crippen molar-refractivity contribution in [1.82, 2.24) is 19.9 Å². The molecule has 0 bridgehead atoms. The number of phenolic OH excluding ortho intramolecular Hbond substituents is 1. The normalized spacial score (nSPS) is 15.7. The number of fused-ring (bicyclic) bond motifs is 2. The van der Waals surface area contributed by atoms with Crippen LogP contribution in [0.1, 0.15) is 50.0 Å². The van der Waals surface area contributed by atoms with Gasteiger partial charge in [0, 0.05) is 24.8 Å². The van der Waals surface area contributed by atoms with Crippen LogP contribution in [0, 0.1) is 0 Å². The Morgan fingerprint density at radius 1 is 0.787 bits per heavy atom. The van der Waals surface area contributed by atoms with E-state index in [2.05, 4.69) is 19.9 Å². The highest BCUT2D eigenvalue weighted by atomic mass is 35.5. The molecular formula is C30H31B2ClN4O10. The SMILES string of the molecule is CCOC(=O)CC1OB(O)c2cc(O)ccc21.CCOC(=O)CC1OB(O)c2cc(Oc3ncccn3)ccc21.Clc1ncccn1. The lowest BCUT2D eigenvalue weighted by molar-refractivity contribution is -0.146. The van der Waals surface area contributed by atoms with Gasteiger partial charge < -0.3 is 38.7 Å². The van der Waals surface area contributed by atoms with Gasteiger partial charge in [0.1, 0.15) is 11.5 Å². The van der Waals surface area contributed by atoms with Crippen molar-refractivity contribution in [3.05, 3.63) is 89.7 Å². The van der Waals surface area contributed by atoms with Crippen molar-refractivity contribution in [2.75, 3.05) is 13.2 Å². The highest BCUT2D eigenvalue weighted by Crippen LogP contribution is 2.30. The molecule has 2 unspecified atom stereocenters. The van der Waals surface area contributed by atoms with E-state index in [4.69, 9.17) is 35.1 Å². The summed E-state index contributed by atoms with van der Waals surface area (Å²) < 4.78 is 25.9. The molecule has 2 aromatic carbocycles. The third-order valence-electron chi connectivity index (χ3n) is 6.54. The molecule has 0 saturated carbocycles. The summed E-state index contributed by atoms with van der Waals surface area (Å²) in [4.78, 5) is 38.2. The molecule has 0 amide bonds. The number of nitrogens with zero attached hydrogens (tertiary/aromatic N) is 4. The summed E-state index contributed by atoms with van der Waals surface area (Å²) in [6.45, 7) is 4.10. The van der Waals surface area contributed by atoms with E-state index in [0.717, 1.165) is 5.56 Å². The van der Waals surface area contributed by atoms with Crippen molar-refractivity contribution >= 4 is 48.7 Å². The van der Waals surface area contributed by atoms with Crippen LogP contribution in [0.25, 0.3) is 0 Å². The first-order valence-electron chi connectivity index (χ1n) is 14.5. The Balaban J connectivity index is 0.000000182. The molecule has 0 aliphatic carbocycles. The summed E-state index contributed by atoms with van der Waals surface area (Å²) in [6, 6.07) is 13.3. The summed E-state index contributed by atoms with van der Waals surface area (Å²) in [5, 5.41) is 29.3. The van der Waals surface area contributed by atoms with E-state index >= 15 is 0 Å². The molecule has 0 saturated heterocycles. The number of rotatable bonds is 8. The maximum absolute atomic E-state index is 11.6. The van der Waals surface area contributed by atoms with Crippen molar-refractivity contribution in [2.24, 2.45) is 0 Å². The van der Waals surface area contributed by atoms with E-state index in [9.17, 15) is 24.7 Å². The average Bonchev–Trinajstić information content (AvgIpc) is 3.52. The molecule has 4 heterocycles. The van der Waals surface area contributed by atoms with E-state index < -0.39 is 26.4 Å². The first-order valence-corrected chi connectivity index (χ1v) is 14.9. The van der Waals surface area contributed by atoms with Crippen LogP contribution in [-0.4, -0.2) is 74.5 Å². The average molecular weight is 665 g/mol. The van der Waals surface area contributed by atoms with Gasteiger partial charge in [0.05, 0.1) is 38.3 Å². The van der Waals surface area contributed by atoms with Gasteiger partial charge >= 0.3 is 32.2 Å². The Morgan fingerprint density at radius 3 is 1.77 bits per heavy atom. The fourth-order valence-corrected chi connectivity index (χ4v) is 4.69.